The van der Waals surface area contributed by atoms with Crippen molar-refractivity contribution in [2.45, 2.75) is 31.4 Å². The summed E-state index contributed by atoms with van der Waals surface area (Å²) in [6.45, 7) is 1.46. The van der Waals surface area contributed by atoms with Gasteiger partial charge in [0, 0.05) is 5.56 Å². The number of hydrogen-bond donors (Lipinski definition) is 0. The van der Waals surface area contributed by atoms with Crippen LogP contribution < -0.4 is 0 Å². The van der Waals surface area contributed by atoms with Gasteiger partial charge in [-0.1, -0.05) is 48.5 Å². The van der Waals surface area contributed by atoms with Gasteiger partial charge in [0.2, 0.25) is 9.84 Å². The number of carbonyl (C=O) groups is 1. The third-order valence-corrected chi connectivity index (χ3v) is 8.91. The Labute approximate surface area is 185 Å². The highest BCUT2D eigenvalue weighted by molar-refractivity contribution is 7.97. The Morgan fingerprint density at radius 3 is 1.39 bits per heavy atom. The van der Waals surface area contributed by atoms with Crippen molar-refractivity contribution in [3.05, 3.63) is 115 Å². The predicted molar refractivity (Wildman–Crippen MR) is 123 cm³/mol. The van der Waals surface area contributed by atoms with Crippen LogP contribution in [0.25, 0.3) is 0 Å². The number of Topliss-reactive ketones (excluding diaryl/α,β-unsaturated/α-hetero) is 1. The molecule has 0 aliphatic heterocycles. The SMILES string of the molecule is CC(=O)c1ccc(S(=O)(=O)c2ccc([S+](c3ccccc3)c3ccccc3)cc2)cc1. The second-order valence-electron chi connectivity index (χ2n) is 6.99. The molecule has 0 spiro atoms. The van der Waals surface area contributed by atoms with Crippen molar-refractivity contribution in [1.29, 1.82) is 0 Å². The van der Waals surface area contributed by atoms with Crippen LogP contribution in [0.1, 0.15) is 17.3 Å². The summed E-state index contributed by atoms with van der Waals surface area (Å²) in [4.78, 5) is 15.3. The molecular formula is C26H21O3S2+. The largest absolute Gasteiger partial charge is 0.295 e. The number of benzene rings is 4. The van der Waals surface area contributed by atoms with Gasteiger partial charge in [0.1, 0.15) is 0 Å². The van der Waals surface area contributed by atoms with E-state index >= 15 is 0 Å². The van der Waals surface area contributed by atoms with Crippen LogP contribution in [0, 0.1) is 0 Å². The van der Waals surface area contributed by atoms with Gasteiger partial charge < -0.3 is 0 Å². The lowest BCUT2D eigenvalue weighted by Gasteiger charge is -2.09. The number of sulfone groups is 1. The first-order valence-corrected chi connectivity index (χ1v) is 12.5. The summed E-state index contributed by atoms with van der Waals surface area (Å²) in [5.74, 6) is -0.0952. The fourth-order valence-corrected chi connectivity index (χ4v) is 6.63. The van der Waals surface area contributed by atoms with E-state index in [1.54, 1.807) is 24.3 Å². The summed E-state index contributed by atoms with van der Waals surface area (Å²) >= 11 is 0. The Bertz CT molecular complexity index is 1240. The van der Waals surface area contributed by atoms with Gasteiger partial charge in [-0.05, 0) is 67.6 Å². The summed E-state index contributed by atoms with van der Waals surface area (Å²) in [7, 11) is -4.00. The molecule has 0 aliphatic rings. The van der Waals surface area contributed by atoms with Gasteiger partial charge in [-0.3, -0.25) is 4.79 Å². The van der Waals surface area contributed by atoms with Crippen LogP contribution >= 0.6 is 0 Å². The number of hydrogen-bond acceptors (Lipinski definition) is 3. The average Bonchev–Trinajstić information content (AvgIpc) is 2.81. The second-order valence-corrected chi connectivity index (χ2v) is 11.0. The maximum Gasteiger partial charge on any atom is 0.206 e. The molecule has 4 rings (SSSR count). The monoisotopic (exact) mass is 445 g/mol. The molecule has 0 N–H and O–H groups in total. The van der Waals surface area contributed by atoms with E-state index in [1.165, 1.54) is 28.8 Å². The zero-order valence-corrected chi connectivity index (χ0v) is 18.6. The smallest absolute Gasteiger partial charge is 0.206 e. The van der Waals surface area contributed by atoms with Gasteiger partial charge in [-0.2, -0.15) is 0 Å². The van der Waals surface area contributed by atoms with Crippen molar-refractivity contribution in [1.82, 2.24) is 0 Å². The normalized spacial score (nSPS) is 11.4. The van der Waals surface area contributed by atoms with E-state index in [9.17, 15) is 13.2 Å². The summed E-state index contributed by atoms with van der Waals surface area (Å²) in [5, 5.41) is 0. The molecule has 4 aromatic carbocycles. The van der Waals surface area contributed by atoms with Crippen LogP contribution in [-0.4, -0.2) is 14.2 Å². The Morgan fingerprint density at radius 2 is 0.968 bits per heavy atom. The number of ketones is 1. The molecule has 0 fully saturated rings. The molecule has 0 saturated heterocycles. The quantitative estimate of drug-likeness (QED) is 0.278. The second kappa shape index (κ2) is 8.92. The minimum atomic E-state index is -3.66. The highest BCUT2D eigenvalue weighted by Gasteiger charge is 2.29. The zero-order valence-electron chi connectivity index (χ0n) is 16.9. The van der Waals surface area contributed by atoms with E-state index in [2.05, 4.69) is 24.3 Å². The molecule has 4 aromatic rings. The molecule has 0 atom stereocenters. The zero-order chi connectivity index (χ0) is 21.8. The predicted octanol–water partition coefficient (Wildman–Crippen LogP) is 5.82. The standard InChI is InChI=1S/C26H21O3S2/c1-20(27)21-12-16-25(17-13-21)31(28,29)26-18-14-24(15-19-26)30(22-8-4-2-5-9-22)23-10-6-3-7-11-23/h2-19H,1H3/q+1. The lowest BCUT2D eigenvalue weighted by Crippen LogP contribution is -2.06. The first-order valence-electron chi connectivity index (χ1n) is 9.77. The topological polar surface area (TPSA) is 51.2 Å². The van der Waals surface area contributed by atoms with Gasteiger partial charge in [0.25, 0.3) is 0 Å². The minimum Gasteiger partial charge on any atom is -0.295 e. The van der Waals surface area contributed by atoms with Crippen LogP contribution in [0.2, 0.25) is 0 Å². The van der Waals surface area contributed by atoms with Crippen LogP contribution in [0.15, 0.2) is 134 Å². The Hall–Kier alpha value is -3.15. The third-order valence-electron chi connectivity index (χ3n) is 4.90. The van der Waals surface area contributed by atoms with Gasteiger partial charge in [-0.15, -0.1) is 0 Å². The van der Waals surface area contributed by atoms with Gasteiger partial charge in [-0.25, -0.2) is 8.42 Å². The van der Waals surface area contributed by atoms with Crippen molar-refractivity contribution in [3.63, 3.8) is 0 Å². The molecule has 0 aliphatic carbocycles. The first kappa shape index (κ1) is 21.1. The van der Waals surface area contributed by atoms with Crippen molar-refractivity contribution in [3.8, 4) is 0 Å². The summed E-state index contributed by atoms with van der Waals surface area (Å²) in [6.07, 6.45) is 0. The molecule has 3 nitrogen and oxygen atoms in total. The van der Waals surface area contributed by atoms with Crippen LogP contribution in [0.3, 0.4) is 0 Å². The van der Waals surface area contributed by atoms with E-state index in [-0.39, 0.29) is 26.5 Å². The van der Waals surface area contributed by atoms with Gasteiger partial charge in [0.05, 0.1) is 20.7 Å². The number of rotatable bonds is 6. The van der Waals surface area contributed by atoms with E-state index < -0.39 is 9.84 Å². The Balaban J connectivity index is 1.71. The van der Waals surface area contributed by atoms with Gasteiger partial charge >= 0.3 is 0 Å². The molecule has 5 heteroatoms. The summed E-state index contributed by atoms with van der Waals surface area (Å²) in [6, 6.07) is 33.6. The molecule has 0 unspecified atom stereocenters. The van der Waals surface area contributed by atoms with Gasteiger partial charge in [0.15, 0.2) is 20.5 Å². The molecule has 0 aromatic heterocycles. The highest BCUT2D eigenvalue weighted by atomic mass is 32.2. The summed E-state index contributed by atoms with van der Waals surface area (Å²) in [5.41, 5.74) is 0.490. The van der Waals surface area contributed by atoms with E-state index in [4.69, 9.17) is 0 Å². The molecule has 31 heavy (non-hydrogen) atoms. The van der Waals surface area contributed by atoms with E-state index in [0.717, 1.165) is 4.90 Å². The fourth-order valence-electron chi connectivity index (χ4n) is 3.28. The van der Waals surface area contributed by atoms with Crippen LogP contribution in [0.4, 0.5) is 0 Å². The molecule has 154 valence electrons. The van der Waals surface area contributed by atoms with E-state index in [1.807, 2.05) is 48.5 Å². The molecule has 0 saturated carbocycles. The molecular weight excluding hydrogens is 424 g/mol. The fraction of sp³-hybridized carbons (Fsp3) is 0.0385. The van der Waals surface area contributed by atoms with Crippen molar-refractivity contribution in [2.24, 2.45) is 0 Å². The lowest BCUT2D eigenvalue weighted by atomic mass is 10.2. The summed E-state index contributed by atoms with van der Waals surface area (Å²) < 4.78 is 26.1. The maximum absolute atomic E-state index is 13.1. The molecule has 0 heterocycles. The average molecular weight is 446 g/mol. The highest BCUT2D eigenvalue weighted by Crippen LogP contribution is 2.32. The van der Waals surface area contributed by atoms with Crippen LogP contribution in [-0.2, 0) is 20.7 Å². The van der Waals surface area contributed by atoms with E-state index in [0.29, 0.717) is 5.56 Å². The first-order chi connectivity index (χ1) is 15.0. The number of carbonyl (C=O) groups excluding carboxylic acids is 1. The lowest BCUT2D eigenvalue weighted by molar-refractivity contribution is 0.101. The molecule has 0 amide bonds. The van der Waals surface area contributed by atoms with Crippen molar-refractivity contribution >= 4 is 26.5 Å². The Kier molecular flexibility index (Phi) is 6.07. The molecule has 0 bridgehead atoms. The van der Waals surface area contributed by atoms with Crippen molar-refractivity contribution in [2.75, 3.05) is 0 Å². The third kappa shape index (κ3) is 4.48. The minimum absolute atomic E-state index is 0.0952. The van der Waals surface area contributed by atoms with Crippen LogP contribution in [0.5, 0.6) is 0 Å². The Morgan fingerprint density at radius 1 is 0.581 bits per heavy atom. The molecule has 0 radical (unpaired) electrons. The maximum atomic E-state index is 13.1. The van der Waals surface area contributed by atoms with Crippen molar-refractivity contribution < 1.29 is 13.2 Å².